The Kier molecular flexibility index (Phi) is 3.61. The fourth-order valence-corrected chi connectivity index (χ4v) is 2.41. The molecule has 0 saturated carbocycles. The monoisotopic (exact) mass is 267 g/mol. The van der Waals surface area contributed by atoms with Crippen LogP contribution in [-0.4, -0.2) is 31.4 Å². The molecule has 0 atom stereocenters. The molecule has 1 heterocycles. The number of nitrogens with one attached hydrogen (secondary N) is 1. The topological polar surface area (TPSA) is 85.1 Å². The van der Waals surface area contributed by atoms with Crippen molar-refractivity contribution in [2.75, 3.05) is 18.1 Å². The minimum atomic E-state index is -3.23. The zero-order valence-electron chi connectivity index (χ0n) is 9.83. The minimum Gasteiger partial charge on any atom is -0.384 e. The largest absolute Gasteiger partial charge is 0.384 e. The molecular formula is C11H13N3O3S. The molecule has 0 aliphatic heterocycles. The summed E-state index contributed by atoms with van der Waals surface area (Å²) in [5.74, 6) is 0.583. The van der Waals surface area contributed by atoms with Gasteiger partial charge in [0.2, 0.25) is 6.39 Å². The molecule has 1 aromatic heterocycles. The van der Waals surface area contributed by atoms with Crippen molar-refractivity contribution in [1.82, 2.24) is 10.1 Å². The first-order valence-corrected chi connectivity index (χ1v) is 7.25. The Hall–Kier alpha value is -1.89. The highest BCUT2D eigenvalue weighted by Crippen LogP contribution is 2.20. The maximum absolute atomic E-state index is 11.6. The SMILES string of the molecule is CS(=O)(=O)c1ccccc1NCCc1ncon1. The number of benzene rings is 1. The molecule has 7 heteroatoms. The molecule has 1 aromatic carbocycles. The maximum Gasteiger partial charge on any atom is 0.213 e. The molecule has 96 valence electrons. The second kappa shape index (κ2) is 5.18. The molecule has 18 heavy (non-hydrogen) atoms. The number of hydrogen-bond acceptors (Lipinski definition) is 6. The van der Waals surface area contributed by atoms with Crippen LogP contribution in [0, 0.1) is 0 Å². The number of sulfone groups is 1. The van der Waals surface area contributed by atoms with Crippen LogP contribution in [-0.2, 0) is 16.3 Å². The van der Waals surface area contributed by atoms with Crippen molar-refractivity contribution in [3.05, 3.63) is 36.5 Å². The second-order valence-electron chi connectivity index (χ2n) is 3.79. The van der Waals surface area contributed by atoms with Gasteiger partial charge in [0, 0.05) is 19.2 Å². The van der Waals surface area contributed by atoms with E-state index in [-0.39, 0.29) is 4.90 Å². The molecule has 1 N–H and O–H groups in total. The van der Waals surface area contributed by atoms with Gasteiger partial charge in [0.1, 0.15) is 0 Å². The molecule has 6 nitrogen and oxygen atoms in total. The molecular weight excluding hydrogens is 254 g/mol. The van der Waals surface area contributed by atoms with Crippen molar-refractivity contribution in [3.63, 3.8) is 0 Å². The standard InChI is InChI=1S/C11H13N3O3S/c1-18(15,16)10-5-3-2-4-9(10)12-7-6-11-13-8-17-14-11/h2-5,8,12H,6-7H2,1H3. The molecule has 0 bridgehead atoms. The number of rotatable bonds is 5. The normalized spacial score (nSPS) is 11.4. The highest BCUT2D eigenvalue weighted by molar-refractivity contribution is 7.90. The number of anilines is 1. The third-order valence-electron chi connectivity index (χ3n) is 2.36. The van der Waals surface area contributed by atoms with Crippen molar-refractivity contribution >= 4 is 15.5 Å². The van der Waals surface area contributed by atoms with E-state index in [1.807, 2.05) is 0 Å². The Morgan fingerprint density at radius 1 is 1.33 bits per heavy atom. The number of aromatic nitrogens is 2. The first kappa shape index (κ1) is 12.6. The average molecular weight is 267 g/mol. The zero-order chi connectivity index (χ0) is 13.0. The molecule has 0 unspecified atom stereocenters. The van der Waals surface area contributed by atoms with Crippen LogP contribution >= 0.6 is 0 Å². The summed E-state index contributed by atoms with van der Waals surface area (Å²) in [6, 6.07) is 6.78. The van der Waals surface area contributed by atoms with Gasteiger partial charge in [0.05, 0.1) is 10.6 Å². The van der Waals surface area contributed by atoms with Crippen LogP contribution in [0.3, 0.4) is 0 Å². The van der Waals surface area contributed by atoms with E-state index in [0.29, 0.717) is 24.5 Å². The molecule has 0 fully saturated rings. The summed E-state index contributed by atoms with van der Waals surface area (Å²) in [7, 11) is -3.23. The Balaban J connectivity index is 2.06. The van der Waals surface area contributed by atoms with Crippen LogP contribution in [0.4, 0.5) is 5.69 Å². The van der Waals surface area contributed by atoms with Crippen LogP contribution in [0.1, 0.15) is 5.82 Å². The van der Waals surface area contributed by atoms with E-state index in [1.165, 1.54) is 12.6 Å². The second-order valence-corrected chi connectivity index (χ2v) is 5.78. The summed E-state index contributed by atoms with van der Waals surface area (Å²) in [6.07, 6.45) is 3.01. The van der Waals surface area contributed by atoms with Crippen LogP contribution in [0.25, 0.3) is 0 Å². The van der Waals surface area contributed by atoms with Gasteiger partial charge < -0.3 is 9.84 Å². The Labute approximate surface area is 105 Å². The molecule has 0 aliphatic rings. The third kappa shape index (κ3) is 3.07. The van der Waals surface area contributed by atoms with Gasteiger partial charge in [0.25, 0.3) is 0 Å². The molecule has 0 saturated heterocycles. The lowest BCUT2D eigenvalue weighted by atomic mass is 10.3. The quantitative estimate of drug-likeness (QED) is 0.874. The smallest absolute Gasteiger partial charge is 0.213 e. The predicted octanol–water partition coefficient (Wildman–Crippen LogP) is 1.13. The first-order valence-electron chi connectivity index (χ1n) is 5.35. The summed E-state index contributed by atoms with van der Waals surface area (Å²) in [6.45, 7) is 0.534. The van der Waals surface area contributed by atoms with Crippen LogP contribution in [0.15, 0.2) is 40.1 Å². The lowest BCUT2D eigenvalue weighted by molar-refractivity contribution is 0.410. The fraction of sp³-hybridized carbons (Fsp3) is 0.273. The van der Waals surface area contributed by atoms with E-state index in [2.05, 4.69) is 20.0 Å². The average Bonchev–Trinajstić information content (AvgIpc) is 2.81. The van der Waals surface area contributed by atoms with E-state index < -0.39 is 9.84 Å². The van der Waals surface area contributed by atoms with Gasteiger partial charge in [-0.2, -0.15) is 4.98 Å². The van der Waals surface area contributed by atoms with Crippen LogP contribution in [0.5, 0.6) is 0 Å². The predicted molar refractivity (Wildman–Crippen MR) is 66.0 cm³/mol. The maximum atomic E-state index is 11.6. The summed E-state index contributed by atoms with van der Waals surface area (Å²) < 4.78 is 27.7. The van der Waals surface area contributed by atoms with E-state index >= 15 is 0 Å². The van der Waals surface area contributed by atoms with Gasteiger partial charge in [-0.1, -0.05) is 17.3 Å². The van der Waals surface area contributed by atoms with Crippen molar-refractivity contribution in [1.29, 1.82) is 0 Å². The molecule has 0 spiro atoms. The van der Waals surface area contributed by atoms with Crippen molar-refractivity contribution in [3.8, 4) is 0 Å². The van der Waals surface area contributed by atoms with Crippen molar-refractivity contribution in [2.45, 2.75) is 11.3 Å². The van der Waals surface area contributed by atoms with Crippen LogP contribution in [0.2, 0.25) is 0 Å². The third-order valence-corrected chi connectivity index (χ3v) is 3.51. The summed E-state index contributed by atoms with van der Waals surface area (Å²) in [5.41, 5.74) is 0.587. The van der Waals surface area contributed by atoms with E-state index in [1.54, 1.807) is 24.3 Å². The lowest BCUT2D eigenvalue weighted by Gasteiger charge is -2.09. The highest BCUT2D eigenvalue weighted by Gasteiger charge is 2.11. The fourth-order valence-electron chi connectivity index (χ4n) is 1.55. The van der Waals surface area contributed by atoms with Crippen LogP contribution < -0.4 is 5.32 Å². The van der Waals surface area contributed by atoms with Crippen molar-refractivity contribution < 1.29 is 12.9 Å². The van der Waals surface area contributed by atoms with E-state index in [4.69, 9.17) is 0 Å². The number of para-hydroxylation sites is 1. The zero-order valence-corrected chi connectivity index (χ0v) is 10.6. The van der Waals surface area contributed by atoms with Gasteiger partial charge in [0.15, 0.2) is 15.7 Å². The summed E-state index contributed by atoms with van der Waals surface area (Å²) in [5, 5.41) is 6.73. The lowest BCUT2D eigenvalue weighted by Crippen LogP contribution is -2.09. The van der Waals surface area contributed by atoms with Gasteiger partial charge >= 0.3 is 0 Å². The molecule has 0 amide bonds. The highest BCUT2D eigenvalue weighted by atomic mass is 32.2. The Bertz CT molecular complexity index is 608. The van der Waals surface area contributed by atoms with Gasteiger partial charge in [-0.3, -0.25) is 0 Å². The van der Waals surface area contributed by atoms with E-state index in [0.717, 1.165) is 0 Å². The molecule has 2 rings (SSSR count). The first-order chi connectivity index (χ1) is 8.57. The summed E-state index contributed by atoms with van der Waals surface area (Å²) in [4.78, 5) is 4.17. The van der Waals surface area contributed by atoms with Crippen molar-refractivity contribution in [2.24, 2.45) is 0 Å². The Morgan fingerprint density at radius 3 is 2.78 bits per heavy atom. The van der Waals surface area contributed by atoms with Gasteiger partial charge in [-0.15, -0.1) is 0 Å². The Morgan fingerprint density at radius 2 is 2.11 bits per heavy atom. The van der Waals surface area contributed by atoms with E-state index in [9.17, 15) is 8.42 Å². The van der Waals surface area contributed by atoms with Gasteiger partial charge in [-0.25, -0.2) is 8.42 Å². The molecule has 2 aromatic rings. The number of hydrogen-bond donors (Lipinski definition) is 1. The minimum absolute atomic E-state index is 0.290. The van der Waals surface area contributed by atoms with Gasteiger partial charge in [-0.05, 0) is 12.1 Å². The molecule has 0 radical (unpaired) electrons. The number of nitrogens with zero attached hydrogens (tertiary/aromatic N) is 2. The molecule has 0 aliphatic carbocycles. The summed E-state index contributed by atoms with van der Waals surface area (Å²) >= 11 is 0.